The Bertz CT molecular complexity index is 421. The summed E-state index contributed by atoms with van der Waals surface area (Å²) in [7, 11) is 2.04. The van der Waals surface area contributed by atoms with Crippen molar-refractivity contribution in [3.63, 3.8) is 0 Å². The van der Waals surface area contributed by atoms with E-state index >= 15 is 0 Å². The third kappa shape index (κ3) is 4.11. The third-order valence-electron chi connectivity index (χ3n) is 2.93. The summed E-state index contributed by atoms with van der Waals surface area (Å²) in [6.07, 6.45) is 3.17. The van der Waals surface area contributed by atoms with Crippen molar-refractivity contribution in [3.8, 4) is 0 Å². The minimum Gasteiger partial charge on any atom is -0.461 e. The van der Waals surface area contributed by atoms with E-state index in [-0.39, 0.29) is 5.97 Å². The van der Waals surface area contributed by atoms with Gasteiger partial charge in [0.05, 0.1) is 6.61 Å². The first-order valence-corrected chi connectivity index (χ1v) is 8.62. The second-order valence-corrected chi connectivity index (χ2v) is 6.34. The molecule has 1 unspecified atom stereocenters. The molecule has 19 heavy (non-hydrogen) atoms. The Labute approximate surface area is 123 Å². The van der Waals surface area contributed by atoms with Crippen LogP contribution >= 0.6 is 23.1 Å². The monoisotopic (exact) mass is 302 g/mol. The van der Waals surface area contributed by atoms with E-state index < -0.39 is 0 Å². The molecule has 1 aromatic heterocycles. The van der Waals surface area contributed by atoms with E-state index in [2.05, 4.69) is 23.1 Å². The Morgan fingerprint density at radius 1 is 1.53 bits per heavy atom. The second kappa shape index (κ2) is 7.75. The van der Waals surface area contributed by atoms with Crippen molar-refractivity contribution < 1.29 is 9.53 Å². The number of carbonyl (C=O) groups excluding carboxylic acids is 1. The SMILES string of the molecule is CCOC(=O)c1nc(N(C)C(CC)CSC)sc1C. The lowest BCUT2D eigenvalue weighted by molar-refractivity contribution is 0.0519. The molecule has 0 bridgehead atoms. The summed E-state index contributed by atoms with van der Waals surface area (Å²) in [5.41, 5.74) is 0.452. The number of hydrogen-bond acceptors (Lipinski definition) is 6. The van der Waals surface area contributed by atoms with Crippen LogP contribution in [0.3, 0.4) is 0 Å². The van der Waals surface area contributed by atoms with Crippen LogP contribution in [0.4, 0.5) is 5.13 Å². The van der Waals surface area contributed by atoms with Gasteiger partial charge in [-0.25, -0.2) is 9.78 Å². The summed E-state index contributed by atoms with van der Waals surface area (Å²) in [6.45, 7) is 6.27. The number of aromatic nitrogens is 1. The number of esters is 1. The molecule has 0 saturated heterocycles. The van der Waals surface area contributed by atoms with Gasteiger partial charge in [-0.1, -0.05) is 6.92 Å². The van der Waals surface area contributed by atoms with E-state index in [1.54, 1.807) is 18.3 Å². The van der Waals surface area contributed by atoms with Gasteiger partial charge in [-0.3, -0.25) is 0 Å². The van der Waals surface area contributed by atoms with Crippen LogP contribution in [0.25, 0.3) is 0 Å². The van der Waals surface area contributed by atoms with Crippen molar-refractivity contribution in [1.82, 2.24) is 4.98 Å². The summed E-state index contributed by atoms with van der Waals surface area (Å²) in [6, 6.07) is 0.440. The molecule has 0 saturated carbocycles. The molecule has 6 heteroatoms. The normalized spacial score (nSPS) is 12.3. The van der Waals surface area contributed by atoms with Gasteiger partial charge in [-0.15, -0.1) is 11.3 Å². The molecule has 1 atom stereocenters. The second-order valence-electron chi connectivity index (χ2n) is 4.25. The Balaban J connectivity index is 2.90. The van der Waals surface area contributed by atoms with Crippen molar-refractivity contribution in [3.05, 3.63) is 10.6 Å². The minimum absolute atomic E-state index is 0.325. The Morgan fingerprint density at radius 3 is 2.74 bits per heavy atom. The van der Waals surface area contributed by atoms with Gasteiger partial charge in [0.25, 0.3) is 0 Å². The first-order valence-electron chi connectivity index (χ1n) is 6.41. The van der Waals surface area contributed by atoms with Crippen molar-refractivity contribution >= 4 is 34.2 Å². The maximum atomic E-state index is 11.8. The molecule has 108 valence electrons. The maximum Gasteiger partial charge on any atom is 0.358 e. The van der Waals surface area contributed by atoms with Crippen LogP contribution in [0.2, 0.25) is 0 Å². The number of thiazole rings is 1. The predicted octanol–water partition coefficient (Wildman–Crippen LogP) is 3.21. The van der Waals surface area contributed by atoms with E-state index in [9.17, 15) is 4.79 Å². The quantitative estimate of drug-likeness (QED) is 0.724. The van der Waals surface area contributed by atoms with Crippen LogP contribution in [0.5, 0.6) is 0 Å². The molecular weight excluding hydrogens is 280 g/mol. The fourth-order valence-electron chi connectivity index (χ4n) is 1.77. The van der Waals surface area contributed by atoms with Gasteiger partial charge in [-0.05, 0) is 26.5 Å². The number of aryl methyl sites for hydroxylation is 1. The standard InChI is InChI=1S/C13H22N2O2S2/c1-6-10(8-18-5)15(4)13-14-11(9(3)19-13)12(16)17-7-2/h10H,6-8H2,1-5H3. The summed E-state index contributed by atoms with van der Waals surface area (Å²) in [4.78, 5) is 19.3. The first kappa shape index (κ1) is 16.3. The molecule has 0 amide bonds. The van der Waals surface area contributed by atoms with E-state index in [1.165, 1.54) is 0 Å². The van der Waals surface area contributed by atoms with Gasteiger partial charge in [0.15, 0.2) is 10.8 Å². The first-order chi connectivity index (χ1) is 9.04. The van der Waals surface area contributed by atoms with Crippen molar-refractivity contribution in [1.29, 1.82) is 0 Å². The minimum atomic E-state index is -0.325. The molecule has 1 rings (SSSR count). The number of hydrogen-bond donors (Lipinski definition) is 0. The number of nitrogens with zero attached hydrogens (tertiary/aromatic N) is 2. The highest BCUT2D eigenvalue weighted by Crippen LogP contribution is 2.28. The Morgan fingerprint density at radius 2 is 2.21 bits per heavy atom. The highest BCUT2D eigenvalue weighted by Gasteiger charge is 2.21. The maximum absolute atomic E-state index is 11.8. The van der Waals surface area contributed by atoms with Crippen LogP contribution in [-0.2, 0) is 4.74 Å². The lowest BCUT2D eigenvalue weighted by atomic mass is 10.2. The van der Waals surface area contributed by atoms with Gasteiger partial charge in [0.2, 0.25) is 0 Å². The largest absolute Gasteiger partial charge is 0.461 e. The Hall–Kier alpha value is -0.750. The van der Waals surface area contributed by atoms with Crippen LogP contribution < -0.4 is 4.90 Å². The zero-order valence-corrected chi connectivity index (χ0v) is 13.9. The molecular formula is C13H22N2O2S2. The Kier molecular flexibility index (Phi) is 6.65. The number of thioether (sulfide) groups is 1. The van der Waals surface area contributed by atoms with Gasteiger partial charge in [-0.2, -0.15) is 11.8 Å². The molecule has 0 fully saturated rings. The van der Waals surface area contributed by atoms with Crippen molar-refractivity contribution in [2.45, 2.75) is 33.2 Å². The molecule has 0 N–H and O–H groups in total. The number of anilines is 1. The fourth-order valence-corrected chi connectivity index (χ4v) is 3.55. The molecule has 0 spiro atoms. The van der Waals surface area contributed by atoms with E-state index in [1.807, 2.05) is 25.7 Å². The number of ether oxygens (including phenoxy) is 1. The molecule has 1 aromatic rings. The van der Waals surface area contributed by atoms with E-state index in [4.69, 9.17) is 4.74 Å². The molecule has 0 aliphatic heterocycles. The van der Waals surface area contributed by atoms with Crippen LogP contribution in [-0.4, -0.2) is 42.7 Å². The molecule has 1 heterocycles. The smallest absolute Gasteiger partial charge is 0.358 e. The average molecular weight is 302 g/mol. The summed E-state index contributed by atoms with van der Waals surface area (Å²) >= 11 is 3.38. The fraction of sp³-hybridized carbons (Fsp3) is 0.692. The summed E-state index contributed by atoms with van der Waals surface area (Å²) in [5, 5.41) is 0.890. The molecule has 0 radical (unpaired) electrons. The van der Waals surface area contributed by atoms with Gasteiger partial charge >= 0.3 is 5.97 Å². The van der Waals surface area contributed by atoms with Crippen LogP contribution in [0.1, 0.15) is 35.6 Å². The zero-order valence-electron chi connectivity index (χ0n) is 12.2. The lowest BCUT2D eigenvalue weighted by Crippen LogP contribution is -2.33. The number of rotatable bonds is 7. The third-order valence-corrected chi connectivity index (χ3v) is 4.71. The molecule has 0 aliphatic rings. The summed E-state index contributed by atoms with van der Waals surface area (Å²) in [5.74, 6) is 0.731. The van der Waals surface area contributed by atoms with Gasteiger partial charge in [0.1, 0.15) is 0 Å². The topological polar surface area (TPSA) is 42.4 Å². The molecule has 0 aromatic carbocycles. The number of carbonyl (C=O) groups is 1. The average Bonchev–Trinajstić information content (AvgIpc) is 2.77. The van der Waals surface area contributed by atoms with E-state index in [0.29, 0.717) is 18.3 Å². The highest BCUT2D eigenvalue weighted by molar-refractivity contribution is 7.98. The van der Waals surface area contributed by atoms with Crippen LogP contribution in [0, 0.1) is 6.92 Å². The predicted molar refractivity (Wildman–Crippen MR) is 83.7 cm³/mol. The van der Waals surface area contributed by atoms with Crippen molar-refractivity contribution in [2.24, 2.45) is 0 Å². The zero-order chi connectivity index (χ0) is 14.4. The van der Waals surface area contributed by atoms with Gasteiger partial charge in [0, 0.05) is 23.7 Å². The van der Waals surface area contributed by atoms with Crippen LogP contribution in [0.15, 0.2) is 0 Å². The highest BCUT2D eigenvalue weighted by atomic mass is 32.2. The van der Waals surface area contributed by atoms with Crippen molar-refractivity contribution in [2.75, 3.05) is 30.6 Å². The van der Waals surface area contributed by atoms with Gasteiger partial charge < -0.3 is 9.64 Å². The molecule has 4 nitrogen and oxygen atoms in total. The van der Waals surface area contributed by atoms with E-state index in [0.717, 1.165) is 22.2 Å². The lowest BCUT2D eigenvalue weighted by Gasteiger charge is -2.26. The summed E-state index contributed by atoms with van der Waals surface area (Å²) < 4.78 is 5.02. The molecule has 0 aliphatic carbocycles.